The Balaban J connectivity index is 2.31. The Morgan fingerprint density at radius 3 is 2.71 bits per heavy atom. The van der Waals surface area contributed by atoms with Crippen LogP contribution in [0.2, 0.25) is 0 Å². The van der Waals surface area contributed by atoms with Crippen LogP contribution >= 0.6 is 0 Å². The SMILES string of the molecule is COc1c(C)cnc(CC(CN)c2cccc(F)c2)c1C. The van der Waals surface area contributed by atoms with E-state index in [4.69, 9.17) is 10.5 Å². The molecule has 3 nitrogen and oxygen atoms in total. The molecule has 0 aliphatic carbocycles. The van der Waals surface area contributed by atoms with E-state index in [1.807, 2.05) is 19.9 Å². The molecule has 1 atom stereocenters. The zero-order chi connectivity index (χ0) is 15.4. The summed E-state index contributed by atoms with van der Waals surface area (Å²) in [5.41, 5.74) is 9.74. The van der Waals surface area contributed by atoms with Gasteiger partial charge >= 0.3 is 0 Å². The number of nitrogens with two attached hydrogens (primary N) is 1. The number of benzene rings is 1. The molecule has 0 aliphatic rings. The van der Waals surface area contributed by atoms with Gasteiger partial charge in [0.1, 0.15) is 11.6 Å². The Labute approximate surface area is 125 Å². The molecular weight excluding hydrogens is 267 g/mol. The Morgan fingerprint density at radius 1 is 1.33 bits per heavy atom. The summed E-state index contributed by atoms with van der Waals surface area (Å²) in [6.07, 6.45) is 2.47. The van der Waals surface area contributed by atoms with E-state index >= 15 is 0 Å². The van der Waals surface area contributed by atoms with Crippen LogP contribution in [0.4, 0.5) is 4.39 Å². The first-order valence-electron chi connectivity index (χ1n) is 7.01. The summed E-state index contributed by atoms with van der Waals surface area (Å²) in [5, 5.41) is 0. The van der Waals surface area contributed by atoms with Gasteiger partial charge in [-0.3, -0.25) is 4.98 Å². The summed E-state index contributed by atoms with van der Waals surface area (Å²) < 4.78 is 18.8. The number of aryl methyl sites for hydroxylation is 1. The number of ether oxygens (including phenoxy) is 1. The van der Waals surface area contributed by atoms with Crippen molar-refractivity contribution < 1.29 is 9.13 Å². The number of rotatable bonds is 5. The monoisotopic (exact) mass is 288 g/mol. The lowest BCUT2D eigenvalue weighted by Crippen LogP contribution is -2.16. The standard InChI is InChI=1S/C17H21FN2O/c1-11-10-20-16(12(2)17(11)21-3)8-14(9-19)13-5-4-6-15(18)7-13/h4-7,10,14H,8-9,19H2,1-3H3. The molecule has 0 fully saturated rings. The van der Waals surface area contributed by atoms with Crippen LogP contribution in [0.15, 0.2) is 30.5 Å². The molecule has 1 aromatic carbocycles. The molecule has 21 heavy (non-hydrogen) atoms. The molecule has 0 bridgehead atoms. The Hall–Kier alpha value is -1.94. The highest BCUT2D eigenvalue weighted by Crippen LogP contribution is 2.28. The van der Waals surface area contributed by atoms with Crippen LogP contribution in [0.3, 0.4) is 0 Å². The number of hydrogen-bond donors (Lipinski definition) is 1. The fraction of sp³-hybridized carbons (Fsp3) is 0.353. The number of halogens is 1. The third kappa shape index (κ3) is 3.39. The average molecular weight is 288 g/mol. The molecule has 4 heteroatoms. The molecule has 0 aliphatic heterocycles. The van der Waals surface area contributed by atoms with Crippen LogP contribution in [0, 0.1) is 19.7 Å². The van der Waals surface area contributed by atoms with Crippen molar-refractivity contribution in [3.63, 3.8) is 0 Å². The van der Waals surface area contributed by atoms with E-state index in [0.29, 0.717) is 13.0 Å². The van der Waals surface area contributed by atoms with Crippen molar-refractivity contribution in [2.45, 2.75) is 26.2 Å². The van der Waals surface area contributed by atoms with E-state index in [9.17, 15) is 4.39 Å². The van der Waals surface area contributed by atoms with Gasteiger partial charge in [0.2, 0.25) is 0 Å². The molecule has 0 radical (unpaired) electrons. The lowest BCUT2D eigenvalue weighted by molar-refractivity contribution is 0.406. The van der Waals surface area contributed by atoms with Crippen LogP contribution < -0.4 is 10.5 Å². The predicted molar refractivity (Wildman–Crippen MR) is 82.2 cm³/mol. The van der Waals surface area contributed by atoms with Gasteiger partial charge in [0.25, 0.3) is 0 Å². The maximum atomic E-state index is 13.4. The maximum Gasteiger partial charge on any atom is 0.128 e. The smallest absolute Gasteiger partial charge is 0.128 e. The minimum atomic E-state index is -0.239. The van der Waals surface area contributed by atoms with Gasteiger partial charge < -0.3 is 10.5 Å². The number of pyridine rings is 1. The first-order valence-corrected chi connectivity index (χ1v) is 7.01. The Bertz CT molecular complexity index is 628. The fourth-order valence-corrected chi connectivity index (χ4v) is 2.61. The van der Waals surface area contributed by atoms with E-state index in [0.717, 1.165) is 28.1 Å². The van der Waals surface area contributed by atoms with E-state index in [1.165, 1.54) is 12.1 Å². The molecule has 0 saturated carbocycles. The molecule has 1 unspecified atom stereocenters. The predicted octanol–water partition coefficient (Wildman–Crippen LogP) is 3.13. The second-order valence-corrected chi connectivity index (χ2v) is 5.24. The van der Waals surface area contributed by atoms with Crippen molar-refractivity contribution in [1.29, 1.82) is 0 Å². The van der Waals surface area contributed by atoms with Crippen LogP contribution in [-0.2, 0) is 6.42 Å². The molecule has 112 valence electrons. The highest BCUT2D eigenvalue weighted by atomic mass is 19.1. The second-order valence-electron chi connectivity index (χ2n) is 5.24. The zero-order valence-corrected chi connectivity index (χ0v) is 12.7. The molecule has 1 aromatic heterocycles. The minimum Gasteiger partial charge on any atom is -0.496 e. The van der Waals surface area contributed by atoms with Crippen molar-refractivity contribution in [1.82, 2.24) is 4.98 Å². The summed E-state index contributed by atoms with van der Waals surface area (Å²) in [7, 11) is 1.66. The van der Waals surface area contributed by atoms with Gasteiger partial charge in [0.15, 0.2) is 0 Å². The fourth-order valence-electron chi connectivity index (χ4n) is 2.61. The molecule has 1 heterocycles. The van der Waals surface area contributed by atoms with Crippen molar-refractivity contribution in [2.24, 2.45) is 5.73 Å². The second kappa shape index (κ2) is 6.68. The third-order valence-electron chi connectivity index (χ3n) is 3.79. The molecular formula is C17H21FN2O. The van der Waals surface area contributed by atoms with Crippen molar-refractivity contribution in [2.75, 3.05) is 13.7 Å². The Morgan fingerprint density at radius 2 is 2.10 bits per heavy atom. The number of aromatic nitrogens is 1. The van der Waals surface area contributed by atoms with E-state index in [1.54, 1.807) is 19.4 Å². The highest BCUT2D eigenvalue weighted by molar-refractivity contribution is 5.41. The molecule has 2 rings (SSSR count). The van der Waals surface area contributed by atoms with Crippen LogP contribution in [0.25, 0.3) is 0 Å². The van der Waals surface area contributed by atoms with E-state index < -0.39 is 0 Å². The Kier molecular flexibility index (Phi) is 4.91. The molecule has 0 spiro atoms. The first-order chi connectivity index (χ1) is 10.1. The summed E-state index contributed by atoms with van der Waals surface area (Å²) in [5.74, 6) is 0.659. The number of hydrogen-bond acceptors (Lipinski definition) is 3. The van der Waals surface area contributed by atoms with Gasteiger partial charge in [-0.2, -0.15) is 0 Å². The van der Waals surface area contributed by atoms with Gasteiger partial charge in [-0.15, -0.1) is 0 Å². The van der Waals surface area contributed by atoms with E-state index in [2.05, 4.69) is 4.98 Å². The molecule has 2 N–H and O–H groups in total. The van der Waals surface area contributed by atoms with Gasteiger partial charge in [0.05, 0.1) is 7.11 Å². The summed E-state index contributed by atoms with van der Waals surface area (Å²) >= 11 is 0. The summed E-state index contributed by atoms with van der Waals surface area (Å²) in [6.45, 7) is 4.41. The lowest BCUT2D eigenvalue weighted by atomic mass is 9.92. The number of methoxy groups -OCH3 is 1. The highest BCUT2D eigenvalue weighted by Gasteiger charge is 2.16. The molecule has 0 saturated heterocycles. The lowest BCUT2D eigenvalue weighted by Gasteiger charge is -2.18. The van der Waals surface area contributed by atoms with Crippen molar-refractivity contribution >= 4 is 0 Å². The summed E-state index contributed by atoms with van der Waals surface area (Å²) in [6, 6.07) is 6.60. The van der Waals surface area contributed by atoms with Gasteiger partial charge in [-0.1, -0.05) is 12.1 Å². The van der Waals surface area contributed by atoms with E-state index in [-0.39, 0.29) is 11.7 Å². The summed E-state index contributed by atoms with van der Waals surface area (Å²) in [4.78, 5) is 4.49. The molecule has 0 amide bonds. The van der Waals surface area contributed by atoms with Gasteiger partial charge in [0, 0.05) is 28.9 Å². The van der Waals surface area contributed by atoms with Crippen molar-refractivity contribution in [3.8, 4) is 5.75 Å². The average Bonchev–Trinajstić information content (AvgIpc) is 2.47. The van der Waals surface area contributed by atoms with Crippen LogP contribution in [-0.4, -0.2) is 18.6 Å². The maximum absolute atomic E-state index is 13.4. The quantitative estimate of drug-likeness (QED) is 0.919. The normalized spacial score (nSPS) is 12.2. The first kappa shape index (κ1) is 15.4. The van der Waals surface area contributed by atoms with Crippen LogP contribution in [0.1, 0.15) is 28.3 Å². The van der Waals surface area contributed by atoms with Crippen molar-refractivity contribution in [3.05, 3.63) is 58.7 Å². The number of nitrogens with zero attached hydrogens (tertiary/aromatic N) is 1. The topological polar surface area (TPSA) is 48.1 Å². The minimum absolute atomic E-state index is 0.0410. The van der Waals surface area contributed by atoms with Crippen LogP contribution in [0.5, 0.6) is 5.75 Å². The zero-order valence-electron chi connectivity index (χ0n) is 12.7. The third-order valence-corrected chi connectivity index (χ3v) is 3.79. The molecule has 2 aromatic rings. The van der Waals surface area contributed by atoms with Gasteiger partial charge in [-0.25, -0.2) is 4.39 Å². The van der Waals surface area contributed by atoms with Gasteiger partial charge in [-0.05, 0) is 44.5 Å². The largest absolute Gasteiger partial charge is 0.496 e.